The van der Waals surface area contributed by atoms with Crippen molar-refractivity contribution in [2.24, 2.45) is 0 Å². The van der Waals surface area contributed by atoms with E-state index in [0.29, 0.717) is 11.9 Å². The lowest BCUT2D eigenvalue weighted by molar-refractivity contribution is 0.309. The predicted octanol–water partition coefficient (Wildman–Crippen LogP) is 3.10. The van der Waals surface area contributed by atoms with Crippen LogP contribution in [0.4, 0.5) is 0 Å². The Hall–Kier alpha value is -0.850. The van der Waals surface area contributed by atoms with E-state index in [1.807, 2.05) is 24.3 Å². The van der Waals surface area contributed by atoms with E-state index in [1.54, 1.807) is 6.66 Å². The highest BCUT2D eigenvalue weighted by atomic mass is 31.2. The van der Waals surface area contributed by atoms with Crippen molar-refractivity contribution in [2.75, 3.05) is 6.66 Å². The molecule has 68 valence electrons. The zero-order valence-electron chi connectivity index (χ0n) is 7.49. The van der Waals surface area contributed by atoms with Gasteiger partial charge in [-0.3, -0.25) is 4.57 Å². The quantitative estimate of drug-likeness (QED) is 0.593. The van der Waals surface area contributed by atoms with E-state index < -0.39 is 7.37 Å². The number of hydrogen-bond acceptors (Lipinski definition) is 2. The molecule has 0 bridgehead atoms. The molecule has 0 aromatic heterocycles. The first kappa shape index (κ1) is 8.74. The highest BCUT2D eigenvalue weighted by Crippen LogP contribution is 2.59. The van der Waals surface area contributed by atoms with Gasteiger partial charge in [-0.15, -0.1) is 0 Å². The van der Waals surface area contributed by atoms with Crippen LogP contribution in [0.25, 0.3) is 5.31 Å². The molecule has 1 atom stereocenters. The van der Waals surface area contributed by atoms with Gasteiger partial charge in [-0.05, 0) is 11.1 Å². The third-order valence-corrected chi connectivity index (χ3v) is 4.13. The van der Waals surface area contributed by atoms with Crippen molar-refractivity contribution in [2.45, 2.75) is 6.61 Å². The molecule has 1 heterocycles. The Balaban J connectivity index is 2.58. The Morgan fingerprint density at radius 1 is 1.46 bits per heavy atom. The molecule has 0 radical (unpaired) electrons. The van der Waals surface area contributed by atoms with Crippen LogP contribution < -0.4 is 0 Å². The summed E-state index contributed by atoms with van der Waals surface area (Å²) >= 11 is 0. The van der Waals surface area contributed by atoms with Gasteiger partial charge in [0.05, 0.1) is 6.61 Å². The average molecular weight is 194 g/mol. The molecule has 13 heavy (non-hydrogen) atoms. The molecular formula is C10H11O2P. The molecule has 0 saturated carbocycles. The van der Waals surface area contributed by atoms with Gasteiger partial charge in [0.25, 0.3) is 0 Å². The number of hydrogen-bond donors (Lipinski definition) is 0. The van der Waals surface area contributed by atoms with Crippen molar-refractivity contribution in [1.29, 1.82) is 0 Å². The molecule has 0 aliphatic carbocycles. The molecule has 2 nitrogen and oxygen atoms in total. The summed E-state index contributed by atoms with van der Waals surface area (Å²) in [6.45, 7) is 5.87. The number of fused-ring (bicyclic) bond motifs is 1. The summed E-state index contributed by atoms with van der Waals surface area (Å²) in [5.74, 6) is 0. The molecule has 1 unspecified atom stereocenters. The lowest BCUT2D eigenvalue weighted by Crippen LogP contribution is -2.03. The van der Waals surface area contributed by atoms with Crippen LogP contribution in [0.5, 0.6) is 0 Å². The molecule has 3 heteroatoms. The summed E-state index contributed by atoms with van der Waals surface area (Å²) < 4.78 is 17.1. The van der Waals surface area contributed by atoms with Crippen LogP contribution in [0.2, 0.25) is 0 Å². The summed E-state index contributed by atoms with van der Waals surface area (Å²) in [5.41, 5.74) is 2.06. The van der Waals surface area contributed by atoms with E-state index >= 15 is 0 Å². The van der Waals surface area contributed by atoms with Crippen LogP contribution in [0.15, 0.2) is 30.8 Å². The predicted molar refractivity (Wildman–Crippen MR) is 53.8 cm³/mol. The lowest BCUT2D eigenvalue weighted by Gasteiger charge is -2.24. The van der Waals surface area contributed by atoms with Gasteiger partial charge in [0.1, 0.15) is 0 Å². The van der Waals surface area contributed by atoms with Gasteiger partial charge in [-0.25, -0.2) is 0 Å². The number of benzene rings is 1. The SMILES string of the molecule is C=C1c2ccccc2COP1(C)=O. The first-order valence-electron chi connectivity index (χ1n) is 4.11. The number of rotatable bonds is 0. The lowest BCUT2D eigenvalue weighted by atomic mass is 10.1. The summed E-state index contributed by atoms with van der Waals surface area (Å²) in [7, 11) is -2.60. The topological polar surface area (TPSA) is 26.3 Å². The maximum absolute atomic E-state index is 11.8. The normalized spacial score (nSPS) is 27.0. The molecule has 1 aromatic carbocycles. The molecule has 2 rings (SSSR count). The maximum atomic E-state index is 11.8. The van der Waals surface area contributed by atoms with E-state index in [-0.39, 0.29) is 0 Å². The van der Waals surface area contributed by atoms with Crippen LogP contribution in [0.3, 0.4) is 0 Å². The van der Waals surface area contributed by atoms with Crippen molar-refractivity contribution < 1.29 is 9.09 Å². The van der Waals surface area contributed by atoms with Gasteiger partial charge in [-0.1, -0.05) is 30.8 Å². The molecular weight excluding hydrogens is 183 g/mol. The Morgan fingerprint density at radius 3 is 2.92 bits per heavy atom. The first-order valence-corrected chi connectivity index (χ1v) is 6.18. The van der Waals surface area contributed by atoms with E-state index in [1.165, 1.54) is 0 Å². The highest BCUT2D eigenvalue weighted by Gasteiger charge is 2.28. The Morgan fingerprint density at radius 2 is 2.15 bits per heavy atom. The van der Waals surface area contributed by atoms with Crippen LogP contribution >= 0.6 is 7.37 Å². The second-order valence-electron chi connectivity index (χ2n) is 3.22. The van der Waals surface area contributed by atoms with Gasteiger partial charge in [0.15, 0.2) is 0 Å². The molecule has 0 N–H and O–H groups in total. The minimum absolute atomic E-state index is 0.434. The van der Waals surface area contributed by atoms with Crippen molar-refractivity contribution in [3.63, 3.8) is 0 Å². The fourth-order valence-corrected chi connectivity index (χ4v) is 2.61. The van der Waals surface area contributed by atoms with Crippen molar-refractivity contribution in [1.82, 2.24) is 0 Å². The second kappa shape index (κ2) is 2.83. The van der Waals surface area contributed by atoms with Crippen LogP contribution in [0, 0.1) is 0 Å². The zero-order valence-corrected chi connectivity index (χ0v) is 8.38. The molecule has 1 aliphatic heterocycles. The molecule has 0 fully saturated rings. The van der Waals surface area contributed by atoms with Gasteiger partial charge in [-0.2, -0.15) is 0 Å². The third kappa shape index (κ3) is 1.37. The Kier molecular flexibility index (Phi) is 1.90. The van der Waals surface area contributed by atoms with Gasteiger partial charge >= 0.3 is 0 Å². The zero-order chi connectivity index (χ0) is 9.47. The van der Waals surface area contributed by atoms with Crippen LogP contribution in [-0.2, 0) is 15.7 Å². The summed E-state index contributed by atoms with van der Waals surface area (Å²) in [6, 6.07) is 7.78. The second-order valence-corrected chi connectivity index (χ2v) is 5.71. The average Bonchev–Trinajstić information content (AvgIpc) is 2.13. The summed E-state index contributed by atoms with van der Waals surface area (Å²) in [5, 5.41) is 0.634. The van der Waals surface area contributed by atoms with Crippen molar-refractivity contribution in [3.8, 4) is 0 Å². The van der Waals surface area contributed by atoms with E-state index in [2.05, 4.69) is 6.58 Å². The maximum Gasteiger partial charge on any atom is 0.229 e. The molecule has 1 aliphatic rings. The minimum Gasteiger partial charge on any atom is -0.321 e. The highest BCUT2D eigenvalue weighted by molar-refractivity contribution is 7.69. The molecule has 0 saturated heterocycles. The molecule has 0 amide bonds. The Bertz CT molecular complexity index is 409. The molecule has 1 aromatic rings. The first-order chi connectivity index (χ1) is 6.11. The standard InChI is InChI=1S/C10H11O2P/c1-8-10-6-4-3-5-9(10)7-12-13(8,2)11/h3-6H,1,7H2,2H3. The molecule has 0 spiro atoms. The minimum atomic E-state index is -2.60. The van der Waals surface area contributed by atoms with Crippen LogP contribution in [0.1, 0.15) is 11.1 Å². The van der Waals surface area contributed by atoms with E-state index in [4.69, 9.17) is 4.52 Å². The summed E-state index contributed by atoms with van der Waals surface area (Å²) in [6.07, 6.45) is 0. The van der Waals surface area contributed by atoms with Gasteiger partial charge in [0, 0.05) is 12.0 Å². The monoisotopic (exact) mass is 194 g/mol. The fourth-order valence-electron chi connectivity index (χ4n) is 1.42. The van der Waals surface area contributed by atoms with E-state index in [0.717, 1.165) is 11.1 Å². The van der Waals surface area contributed by atoms with Crippen molar-refractivity contribution in [3.05, 3.63) is 42.0 Å². The largest absolute Gasteiger partial charge is 0.321 e. The smallest absolute Gasteiger partial charge is 0.229 e. The third-order valence-electron chi connectivity index (χ3n) is 2.28. The summed E-state index contributed by atoms with van der Waals surface area (Å²) in [4.78, 5) is 0. The Labute approximate surface area is 77.7 Å². The van der Waals surface area contributed by atoms with Gasteiger partial charge in [0.2, 0.25) is 7.37 Å². The van der Waals surface area contributed by atoms with E-state index in [9.17, 15) is 4.57 Å². The van der Waals surface area contributed by atoms with Crippen LogP contribution in [-0.4, -0.2) is 6.66 Å². The fraction of sp³-hybridized carbons (Fsp3) is 0.200. The van der Waals surface area contributed by atoms with Crippen molar-refractivity contribution >= 4 is 12.7 Å². The van der Waals surface area contributed by atoms with Gasteiger partial charge < -0.3 is 4.52 Å².